The molecular weight excluding hydrogens is 803 g/mol. The van der Waals surface area contributed by atoms with Crippen molar-refractivity contribution in [3.63, 3.8) is 0 Å². The molecule has 0 radical (unpaired) electrons. The topological polar surface area (TPSA) is 75.5 Å². The monoisotopic (exact) mass is 848 g/mol. The first-order chi connectivity index (χ1) is 21.9. The summed E-state index contributed by atoms with van der Waals surface area (Å²) in [6, 6.07) is 18.0. The van der Waals surface area contributed by atoms with Crippen molar-refractivity contribution in [2.24, 2.45) is 0 Å². The minimum atomic E-state index is -0.358. The Morgan fingerprint density at radius 3 is 2.41 bits per heavy atom. The zero-order chi connectivity index (χ0) is 33.0. The molecule has 3 aromatic rings. The van der Waals surface area contributed by atoms with E-state index < -0.39 is 0 Å². The number of hydrogen-bond acceptors (Lipinski definition) is 6. The molecule has 0 N–H and O–H groups in total. The molecule has 242 valence electrons. The Bertz CT molecular complexity index is 1440. The van der Waals surface area contributed by atoms with Crippen molar-refractivity contribution in [3.05, 3.63) is 99.9 Å². The van der Waals surface area contributed by atoms with E-state index in [9.17, 15) is 9.18 Å². The van der Waals surface area contributed by atoms with Crippen LogP contribution in [-0.2, 0) is 22.6 Å². The number of nitrogens with zero attached hydrogens (tertiary/aromatic N) is 3. The number of aryl methyl sites for hydroxylation is 2. The van der Waals surface area contributed by atoms with Crippen LogP contribution < -0.4 is 9.64 Å². The van der Waals surface area contributed by atoms with Gasteiger partial charge in [-0.3, -0.25) is 0 Å². The Hall–Kier alpha value is -3.41. The number of benzene rings is 2. The summed E-state index contributed by atoms with van der Waals surface area (Å²) >= 11 is 0. The fraction of sp³-hybridized carbons (Fsp3) is 0.395. The SMILES string of the molecule is C#C.CCC1CCO1.CCCC1=CCN(c2cccc(OCc3ccc(CC#N)cc3F)n2)CC1.Cc1ccc([C-]=O)cc1C.[U]. The van der Waals surface area contributed by atoms with Gasteiger partial charge in [-0.1, -0.05) is 62.6 Å². The number of halogens is 1. The molecule has 5 rings (SSSR count). The van der Waals surface area contributed by atoms with Gasteiger partial charge in [0.1, 0.15) is 18.2 Å². The molecule has 0 spiro atoms. The van der Waals surface area contributed by atoms with Crippen LogP contribution in [0.2, 0.25) is 0 Å². The zero-order valence-electron chi connectivity index (χ0n) is 27.5. The number of ether oxygens (including phenoxy) is 2. The standard InChI is InChI=1S/C22H24FN3O.C9H9O.C5H10O.C2H2.U/c1-2-4-17-10-13-26(14-11-17)21-5-3-6-22(25-21)27-16-19-8-7-18(9-12-24)15-20(19)23;1-7-3-4-9(6-10)5-8(7)2;1-2-5-3-4-6-5;1-2;/h3,5-8,10,15H,2,4,9,11,13-14,16H2,1H3;3-5H,1-2H3;5H,2-4H2,1H3;1-2H;/q;-1;;;. The van der Waals surface area contributed by atoms with Crippen LogP contribution in [0.1, 0.15) is 73.8 Å². The maximum atomic E-state index is 14.1. The first-order valence-electron chi connectivity index (χ1n) is 15.4. The molecule has 6 nitrogen and oxygen atoms in total. The average Bonchev–Trinajstić information content (AvgIpc) is 3.04. The number of rotatable bonds is 9. The van der Waals surface area contributed by atoms with E-state index in [2.05, 4.69) is 42.7 Å². The summed E-state index contributed by atoms with van der Waals surface area (Å²) in [6.07, 6.45) is 18.9. The number of aromatic nitrogens is 1. The van der Waals surface area contributed by atoms with E-state index >= 15 is 0 Å². The third-order valence-corrected chi connectivity index (χ3v) is 7.56. The van der Waals surface area contributed by atoms with Crippen LogP contribution in [0.3, 0.4) is 0 Å². The number of nitriles is 1. The molecule has 0 aliphatic carbocycles. The van der Waals surface area contributed by atoms with Gasteiger partial charge in [0.25, 0.3) is 0 Å². The van der Waals surface area contributed by atoms with E-state index in [0.717, 1.165) is 37.5 Å². The summed E-state index contributed by atoms with van der Waals surface area (Å²) < 4.78 is 24.9. The first kappa shape index (κ1) is 40.6. The summed E-state index contributed by atoms with van der Waals surface area (Å²) in [5, 5.41) is 8.69. The van der Waals surface area contributed by atoms with Crippen molar-refractivity contribution in [3.8, 4) is 24.8 Å². The van der Waals surface area contributed by atoms with Gasteiger partial charge in [-0.15, -0.1) is 24.5 Å². The summed E-state index contributed by atoms with van der Waals surface area (Å²) in [7, 11) is 0. The maximum absolute atomic E-state index is 14.1. The summed E-state index contributed by atoms with van der Waals surface area (Å²) in [6.45, 7) is 11.3. The Morgan fingerprint density at radius 2 is 1.89 bits per heavy atom. The van der Waals surface area contributed by atoms with Gasteiger partial charge in [-0.05, 0) is 50.3 Å². The summed E-state index contributed by atoms with van der Waals surface area (Å²) in [5.74, 6) is 1.00. The van der Waals surface area contributed by atoms with Gasteiger partial charge in [0.05, 0.1) is 24.9 Å². The second kappa shape index (κ2) is 23.0. The van der Waals surface area contributed by atoms with Crippen molar-refractivity contribution in [2.75, 3.05) is 24.6 Å². The second-order valence-corrected chi connectivity index (χ2v) is 10.8. The van der Waals surface area contributed by atoms with E-state index in [1.165, 1.54) is 42.9 Å². The maximum Gasteiger partial charge on any atom is 0.215 e. The normalized spacial score (nSPS) is 14.4. The van der Waals surface area contributed by atoms with E-state index in [0.29, 0.717) is 28.7 Å². The van der Waals surface area contributed by atoms with Gasteiger partial charge in [-0.25, -0.2) is 4.39 Å². The van der Waals surface area contributed by atoms with Crippen LogP contribution >= 0.6 is 0 Å². The van der Waals surface area contributed by atoms with Crippen LogP contribution in [0.5, 0.6) is 5.88 Å². The van der Waals surface area contributed by atoms with Gasteiger partial charge in [0, 0.05) is 62.4 Å². The number of anilines is 1. The Balaban J connectivity index is 0.000000455. The summed E-state index contributed by atoms with van der Waals surface area (Å²) in [5.41, 5.74) is 5.62. The molecule has 1 aromatic heterocycles. The molecule has 2 aliphatic rings. The average molecular weight is 849 g/mol. The van der Waals surface area contributed by atoms with Crippen LogP contribution in [0.25, 0.3) is 0 Å². The molecular formula is C38H45FN3O3U-. The van der Waals surface area contributed by atoms with Crippen LogP contribution in [0.4, 0.5) is 10.2 Å². The molecule has 1 fully saturated rings. The van der Waals surface area contributed by atoms with Gasteiger partial charge in [0.2, 0.25) is 5.88 Å². The number of hydrogen-bond donors (Lipinski definition) is 0. The minimum absolute atomic E-state index is 0. The fourth-order valence-corrected chi connectivity index (χ4v) is 4.60. The van der Waals surface area contributed by atoms with Gasteiger partial charge >= 0.3 is 0 Å². The third kappa shape index (κ3) is 13.9. The number of carbonyl (C=O) groups excluding carboxylic acids is 1. The second-order valence-electron chi connectivity index (χ2n) is 10.8. The molecule has 0 saturated carbocycles. The largest absolute Gasteiger partial charge is 0.473 e. The van der Waals surface area contributed by atoms with Crippen LogP contribution in [-0.4, -0.2) is 37.1 Å². The van der Waals surface area contributed by atoms with Crippen molar-refractivity contribution in [2.45, 2.75) is 78.9 Å². The summed E-state index contributed by atoms with van der Waals surface area (Å²) in [4.78, 5) is 16.9. The molecule has 8 heteroatoms. The van der Waals surface area contributed by atoms with Gasteiger partial charge in [-0.2, -0.15) is 27.9 Å². The van der Waals surface area contributed by atoms with Crippen LogP contribution in [0, 0.1) is 75.0 Å². The van der Waals surface area contributed by atoms with Crippen molar-refractivity contribution in [1.29, 1.82) is 5.26 Å². The zero-order valence-corrected chi connectivity index (χ0v) is 31.7. The molecule has 1 saturated heterocycles. The molecule has 2 aromatic carbocycles. The molecule has 2 aliphatic heterocycles. The van der Waals surface area contributed by atoms with E-state index in [4.69, 9.17) is 14.7 Å². The first-order valence-corrected chi connectivity index (χ1v) is 15.4. The van der Waals surface area contributed by atoms with Crippen molar-refractivity contribution >= 4 is 12.1 Å². The molecule has 3 heterocycles. The van der Waals surface area contributed by atoms with Crippen molar-refractivity contribution in [1.82, 2.24) is 4.98 Å². The Labute approximate surface area is 298 Å². The Morgan fingerprint density at radius 1 is 1.13 bits per heavy atom. The quantitative estimate of drug-likeness (QED) is 0.124. The van der Waals surface area contributed by atoms with Crippen LogP contribution in [0.15, 0.2) is 66.2 Å². The Kier molecular flexibility index (Phi) is 20.3. The number of terminal acetylenes is 1. The number of pyridine rings is 1. The third-order valence-electron chi connectivity index (χ3n) is 7.56. The predicted octanol–water partition coefficient (Wildman–Crippen LogP) is 8.00. The van der Waals surface area contributed by atoms with E-state index in [1.807, 2.05) is 50.5 Å². The smallest absolute Gasteiger partial charge is 0.215 e. The van der Waals surface area contributed by atoms with Crippen molar-refractivity contribution < 1.29 is 49.8 Å². The molecule has 1 atom stereocenters. The van der Waals surface area contributed by atoms with Gasteiger partial charge in [0.15, 0.2) is 0 Å². The predicted molar refractivity (Wildman–Crippen MR) is 179 cm³/mol. The molecule has 1 unspecified atom stereocenters. The molecule has 0 amide bonds. The minimum Gasteiger partial charge on any atom is -0.473 e. The molecule has 0 bridgehead atoms. The molecule has 46 heavy (non-hydrogen) atoms. The fourth-order valence-electron chi connectivity index (χ4n) is 4.60. The van der Waals surface area contributed by atoms with Gasteiger partial charge < -0.3 is 19.2 Å². The van der Waals surface area contributed by atoms with E-state index in [-0.39, 0.29) is 50.0 Å². The van der Waals surface area contributed by atoms with E-state index in [1.54, 1.807) is 24.3 Å².